The molecule has 1 saturated carbocycles. The summed E-state index contributed by atoms with van der Waals surface area (Å²) in [5, 5.41) is 0. The molecule has 27 heavy (non-hydrogen) atoms. The quantitative estimate of drug-likeness (QED) is 0.519. The van der Waals surface area contributed by atoms with Crippen LogP contribution in [-0.2, 0) is 9.47 Å². The second-order valence-electron chi connectivity index (χ2n) is 6.10. The molecule has 0 amide bonds. The Labute approximate surface area is 164 Å². The van der Waals surface area contributed by atoms with Crippen molar-refractivity contribution in [1.82, 2.24) is 0 Å². The zero-order chi connectivity index (χ0) is 19.6. The third kappa shape index (κ3) is 4.57. The lowest BCUT2D eigenvalue weighted by Crippen LogP contribution is -2.11. The summed E-state index contributed by atoms with van der Waals surface area (Å²) in [6, 6.07) is 9.83. The van der Waals surface area contributed by atoms with Gasteiger partial charge in [0.05, 0.1) is 24.3 Å². The molecule has 2 atom stereocenters. The largest absolute Gasteiger partial charge is 0.462 e. The topological polar surface area (TPSA) is 52.6 Å². The summed E-state index contributed by atoms with van der Waals surface area (Å²) in [5.41, 5.74) is 0.400. The van der Waals surface area contributed by atoms with Crippen molar-refractivity contribution in [2.75, 3.05) is 13.2 Å². The van der Waals surface area contributed by atoms with Crippen LogP contribution in [0.25, 0.3) is 0 Å². The predicted octanol–water partition coefficient (Wildman–Crippen LogP) is 4.40. The highest BCUT2D eigenvalue weighted by atomic mass is 35.5. The van der Waals surface area contributed by atoms with Gasteiger partial charge in [0.15, 0.2) is 0 Å². The van der Waals surface area contributed by atoms with Crippen molar-refractivity contribution in [3.63, 3.8) is 0 Å². The molecule has 0 N–H and O–H groups in total. The molecular formula is C19H14Cl2F2O4. The molecule has 1 fully saturated rings. The number of hydrogen-bond acceptors (Lipinski definition) is 4. The van der Waals surface area contributed by atoms with Crippen LogP contribution in [0.15, 0.2) is 48.5 Å². The van der Waals surface area contributed by atoms with Crippen LogP contribution in [0.4, 0.5) is 8.78 Å². The first-order valence-corrected chi connectivity index (χ1v) is 8.78. The molecular weight excluding hydrogens is 401 g/mol. The Hall–Kier alpha value is -2.18. The van der Waals surface area contributed by atoms with Crippen LogP contribution in [-0.4, -0.2) is 29.5 Å². The van der Waals surface area contributed by atoms with Crippen LogP contribution in [0.5, 0.6) is 0 Å². The minimum Gasteiger partial charge on any atom is -0.462 e. The van der Waals surface area contributed by atoms with Gasteiger partial charge in [-0.3, -0.25) is 0 Å². The molecule has 2 aromatic rings. The second-order valence-corrected chi connectivity index (χ2v) is 7.54. The van der Waals surface area contributed by atoms with Gasteiger partial charge in [0.2, 0.25) is 0 Å². The zero-order valence-corrected chi connectivity index (χ0v) is 15.3. The lowest BCUT2D eigenvalue weighted by molar-refractivity contribution is 0.0419. The summed E-state index contributed by atoms with van der Waals surface area (Å²) in [7, 11) is 0. The van der Waals surface area contributed by atoms with Crippen molar-refractivity contribution in [2.24, 2.45) is 11.8 Å². The number of rotatable bonds is 6. The van der Waals surface area contributed by atoms with Gasteiger partial charge >= 0.3 is 11.9 Å². The molecule has 0 heterocycles. The third-order valence-electron chi connectivity index (χ3n) is 4.31. The first-order valence-electron chi connectivity index (χ1n) is 8.02. The maximum Gasteiger partial charge on any atom is 0.338 e. The average Bonchev–Trinajstić information content (AvgIpc) is 3.18. The number of halogens is 4. The second kappa shape index (κ2) is 7.82. The number of carbonyl (C=O) groups is 2. The van der Waals surface area contributed by atoms with E-state index in [2.05, 4.69) is 0 Å². The molecule has 1 aliphatic carbocycles. The smallest absolute Gasteiger partial charge is 0.338 e. The molecule has 142 valence electrons. The van der Waals surface area contributed by atoms with Crippen LogP contribution in [0.3, 0.4) is 0 Å². The van der Waals surface area contributed by atoms with Crippen LogP contribution in [0.2, 0.25) is 0 Å². The van der Waals surface area contributed by atoms with Gasteiger partial charge in [0, 0.05) is 11.8 Å². The minimum absolute atomic E-state index is 0.0675. The van der Waals surface area contributed by atoms with E-state index in [4.69, 9.17) is 32.7 Å². The molecule has 0 radical (unpaired) electrons. The fourth-order valence-electron chi connectivity index (χ4n) is 2.58. The van der Waals surface area contributed by atoms with Crippen molar-refractivity contribution in [3.8, 4) is 0 Å². The number of alkyl halides is 2. The number of esters is 2. The number of benzene rings is 2. The SMILES string of the molecule is O=C(OCC1C(COC(=O)c2ccc(F)cc2)C1(Cl)Cl)c1ccc(F)cc1. The van der Waals surface area contributed by atoms with E-state index >= 15 is 0 Å². The molecule has 1 aliphatic rings. The third-order valence-corrected chi connectivity index (χ3v) is 5.43. The van der Waals surface area contributed by atoms with Gasteiger partial charge in [-0.1, -0.05) is 0 Å². The van der Waals surface area contributed by atoms with Crippen LogP contribution >= 0.6 is 23.2 Å². The Morgan fingerprint density at radius 1 is 0.778 bits per heavy atom. The Balaban J connectivity index is 1.49. The number of ether oxygens (including phenoxy) is 2. The van der Waals surface area contributed by atoms with Crippen molar-refractivity contribution >= 4 is 35.1 Å². The van der Waals surface area contributed by atoms with Crippen LogP contribution in [0.1, 0.15) is 20.7 Å². The van der Waals surface area contributed by atoms with Crippen LogP contribution in [0, 0.1) is 23.5 Å². The van der Waals surface area contributed by atoms with Crippen molar-refractivity contribution in [2.45, 2.75) is 4.33 Å². The van der Waals surface area contributed by atoms with Gasteiger partial charge in [0.25, 0.3) is 0 Å². The van der Waals surface area contributed by atoms with Crippen molar-refractivity contribution in [3.05, 3.63) is 71.3 Å². The monoisotopic (exact) mass is 414 g/mol. The first-order chi connectivity index (χ1) is 12.8. The maximum atomic E-state index is 12.9. The van der Waals surface area contributed by atoms with Gasteiger partial charge in [-0.2, -0.15) is 0 Å². The molecule has 2 unspecified atom stereocenters. The first kappa shape index (κ1) is 19.6. The molecule has 0 saturated heterocycles. The van der Waals surface area contributed by atoms with E-state index in [-0.39, 0.29) is 24.3 Å². The van der Waals surface area contributed by atoms with Crippen LogP contribution < -0.4 is 0 Å². The molecule has 0 spiro atoms. The molecule has 3 rings (SSSR count). The lowest BCUT2D eigenvalue weighted by Gasteiger charge is -2.05. The normalized spacial score (nSPS) is 20.0. The van der Waals surface area contributed by atoms with E-state index in [0.29, 0.717) is 0 Å². The van der Waals surface area contributed by atoms with Gasteiger partial charge in [-0.15, -0.1) is 23.2 Å². The molecule has 0 aliphatic heterocycles. The van der Waals surface area contributed by atoms with E-state index in [1.54, 1.807) is 0 Å². The van der Waals surface area contributed by atoms with E-state index < -0.39 is 39.7 Å². The van der Waals surface area contributed by atoms with E-state index in [1.807, 2.05) is 0 Å². The highest BCUT2D eigenvalue weighted by Gasteiger charge is 2.64. The predicted molar refractivity (Wildman–Crippen MR) is 94.8 cm³/mol. The zero-order valence-electron chi connectivity index (χ0n) is 13.8. The van der Waals surface area contributed by atoms with Crippen molar-refractivity contribution < 1.29 is 27.8 Å². The van der Waals surface area contributed by atoms with Gasteiger partial charge < -0.3 is 9.47 Å². The number of hydrogen-bond donors (Lipinski definition) is 0. The van der Waals surface area contributed by atoms with Gasteiger partial charge in [-0.05, 0) is 48.5 Å². The Morgan fingerprint density at radius 2 is 1.11 bits per heavy atom. The summed E-state index contributed by atoms with van der Waals surface area (Å²) in [4.78, 5) is 23.9. The molecule has 2 aromatic carbocycles. The molecule has 0 bridgehead atoms. The minimum atomic E-state index is -1.19. The van der Waals surface area contributed by atoms with Gasteiger partial charge in [0.1, 0.15) is 16.0 Å². The fraction of sp³-hybridized carbons (Fsp3) is 0.263. The molecule has 4 nitrogen and oxygen atoms in total. The summed E-state index contributed by atoms with van der Waals surface area (Å²) >= 11 is 12.3. The van der Waals surface area contributed by atoms with Gasteiger partial charge in [-0.25, -0.2) is 18.4 Å². The van der Waals surface area contributed by atoms with Crippen molar-refractivity contribution in [1.29, 1.82) is 0 Å². The standard InChI is InChI=1S/C19H14Cl2F2O4/c20-19(21)15(9-26-17(24)11-1-5-13(22)6-2-11)16(19)10-27-18(25)12-3-7-14(23)8-4-12/h1-8,15-16H,9-10H2. The fourth-order valence-corrected chi connectivity index (χ4v) is 3.32. The average molecular weight is 415 g/mol. The lowest BCUT2D eigenvalue weighted by atomic mass is 10.2. The van der Waals surface area contributed by atoms with E-state index in [1.165, 1.54) is 24.3 Å². The summed E-state index contributed by atoms with van der Waals surface area (Å²) in [6.45, 7) is -0.135. The number of carbonyl (C=O) groups excluding carboxylic acids is 2. The highest BCUT2D eigenvalue weighted by molar-refractivity contribution is 6.51. The Kier molecular flexibility index (Phi) is 5.67. The highest BCUT2D eigenvalue weighted by Crippen LogP contribution is 2.59. The maximum absolute atomic E-state index is 12.9. The molecule has 0 aromatic heterocycles. The Bertz CT molecular complexity index is 768. The summed E-state index contributed by atoms with van der Waals surface area (Å²) < 4.78 is 34.9. The summed E-state index contributed by atoms with van der Waals surface area (Å²) in [5.74, 6) is -3.01. The summed E-state index contributed by atoms with van der Waals surface area (Å²) in [6.07, 6.45) is 0. The molecule has 8 heteroatoms. The Morgan fingerprint density at radius 3 is 1.44 bits per heavy atom. The van der Waals surface area contributed by atoms with E-state index in [9.17, 15) is 18.4 Å². The van der Waals surface area contributed by atoms with E-state index in [0.717, 1.165) is 24.3 Å².